The summed E-state index contributed by atoms with van der Waals surface area (Å²) in [6.45, 7) is 2.04. The Hall–Kier alpha value is -2.70. The first-order chi connectivity index (χ1) is 13.5. The molecule has 1 fully saturated rings. The van der Waals surface area contributed by atoms with E-state index in [9.17, 15) is 13.6 Å². The fourth-order valence-corrected chi connectivity index (χ4v) is 3.02. The van der Waals surface area contributed by atoms with Gasteiger partial charge in [-0.05, 0) is 56.0 Å². The average molecular weight is 390 g/mol. The molecule has 0 amide bonds. The van der Waals surface area contributed by atoms with E-state index < -0.39 is 17.4 Å². The number of anilines is 1. The highest BCUT2D eigenvalue weighted by atomic mass is 19.1. The van der Waals surface area contributed by atoms with E-state index in [0.717, 1.165) is 12.8 Å². The van der Waals surface area contributed by atoms with Crippen molar-refractivity contribution in [3.63, 3.8) is 0 Å². The summed E-state index contributed by atoms with van der Waals surface area (Å²) in [5.41, 5.74) is 1.08. The lowest BCUT2D eigenvalue weighted by atomic mass is 10.1. The molecule has 0 N–H and O–H groups in total. The highest BCUT2D eigenvalue weighted by Crippen LogP contribution is 2.37. The second-order valence-electron chi connectivity index (χ2n) is 6.74. The molecule has 2 aromatic rings. The molecule has 5 nitrogen and oxygen atoms in total. The molecule has 0 atom stereocenters. The van der Waals surface area contributed by atoms with Crippen LogP contribution in [0.1, 0.15) is 32.6 Å². The van der Waals surface area contributed by atoms with Crippen LogP contribution in [-0.2, 0) is 9.53 Å². The van der Waals surface area contributed by atoms with Crippen molar-refractivity contribution in [2.75, 3.05) is 25.2 Å². The smallest absolute Gasteiger partial charge is 0.305 e. The fourth-order valence-electron chi connectivity index (χ4n) is 3.02. The number of nitrogens with zero attached hydrogens (tertiary/aromatic N) is 2. The molecular formula is C21H24F2N2O3. The van der Waals surface area contributed by atoms with Gasteiger partial charge in [-0.15, -0.1) is 0 Å². The molecule has 0 saturated heterocycles. The monoisotopic (exact) mass is 390 g/mol. The van der Waals surface area contributed by atoms with Crippen molar-refractivity contribution in [2.45, 2.75) is 38.6 Å². The fraction of sp³-hybridized carbons (Fsp3) is 0.429. The van der Waals surface area contributed by atoms with Gasteiger partial charge in [0.2, 0.25) is 0 Å². The minimum atomic E-state index is -0.782. The zero-order valence-electron chi connectivity index (χ0n) is 16.1. The van der Waals surface area contributed by atoms with Crippen LogP contribution in [-0.4, -0.2) is 37.3 Å². The van der Waals surface area contributed by atoms with Gasteiger partial charge < -0.3 is 14.4 Å². The number of ether oxygens (including phenoxy) is 2. The van der Waals surface area contributed by atoms with Crippen LogP contribution in [0.3, 0.4) is 0 Å². The standard InChI is InChI=1S/C21H24F2N2O3/c1-3-27-19(26)7-5-11-28-20-17(22)12-14(13-18(20)23)16-6-4-10-24-21(16)25(2)15-8-9-15/h4,6,10,12-13,15H,3,5,7-9,11H2,1-2H3. The van der Waals surface area contributed by atoms with Crippen molar-refractivity contribution in [3.8, 4) is 16.9 Å². The summed E-state index contributed by atoms with van der Waals surface area (Å²) in [6.07, 6.45) is 4.31. The lowest BCUT2D eigenvalue weighted by Crippen LogP contribution is -2.21. The largest absolute Gasteiger partial charge is 0.488 e. The van der Waals surface area contributed by atoms with Gasteiger partial charge in [-0.3, -0.25) is 4.79 Å². The van der Waals surface area contributed by atoms with Crippen molar-refractivity contribution >= 4 is 11.8 Å². The van der Waals surface area contributed by atoms with Crippen LogP contribution < -0.4 is 9.64 Å². The second-order valence-corrected chi connectivity index (χ2v) is 6.74. The number of rotatable bonds is 9. The van der Waals surface area contributed by atoms with Crippen molar-refractivity contribution in [1.29, 1.82) is 0 Å². The normalized spacial score (nSPS) is 13.3. The summed E-state index contributed by atoms with van der Waals surface area (Å²) in [5.74, 6) is -1.66. The van der Waals surface area contributed by atoms with Crippen LogP contribution in [0.2, 0.25) is 0 Å². The molecular weight excluding hydrogens is 366 g/mol. The first kappa shape index (κ1) is 20.0. The predicted molar refractivity (Wildman–Crippen MR) is 102 cm³/mol. The van der Waals surface area contributed by atoms with Gasteiger partial charge in [-0.2, -0.15) is 0 Å². The maximum atomic E-state index is 14.5. The molecule has 1 aromatic carbocycles. The van der Waals surface area contributed by atoms with Crippen molar-refractivity contribution in [3.05, 3.63) is 42.1 Å². The number of aromatic nitrogens is 1. The number of pyridine rings is 1. The van der Waals surface area contributed by atoms with E-state index in [1.54, 1.807) is 25.3 Å². The SMILES string of the molecule is CCOC(=O)CCCOc1c(F)cc(-c2cccnc2N(C)C2CC2)cc1F. The summed E-state index contributed by atoms with van der Waals surface area (Å²) in [4.78, 5) is 17.7. The molecule has 1 aromatic heterocycles. The number of carbonyl (C=O) groups is 1. The molecule has 0 radical (unpaired) electrons. The van der Waals surface area contributed by atoms with Crippen LogP contribution in [0.5, 0.6) is 5.75 Å². The number of benzene rings is 1. The number of carbonyl (C=O) groups excluding carboxylic acids is 1. The molecule has 0 bridgehead atoms. The molecule has 1 saturated carbocycles. The Morgan fingerprint density at radius 2 is 2.00 bits per heavy atom. The van der Waals surface area contributed by atoms with E-state index in [-0.39, 0.29) is 19.0 Å². The van der Waals surface area contributed by atoms with Crippen molar-refractivity contribution in [2.24, 2.45) is 0 Å². The van der Waals surface area contributed by atoms with E-state index >= 15 is 0 Å². The van der Waals surface area contributed by atoms with Gasteiger partial charge >= 0.3 is 5.97 Å². The zero-order chi connectivity index (χ0) is 20.1. The predicted octanol–water partition coefficient (Wildman–Crippen LogP) is 4.35. The van der Waals surface area contributed by atoms with E-state index in [1.165, 1.54) is 12.1 Å². The lowest BCUT2D eigenvalue weighted by Gasteiger charge is -2.21. The summed E-state index contributed by atoms with van der Waals surface area (Å²) >= 11 is 0. The van der Waals surface area contributed by atoms with Gasteiger partial charge in [0.15, 0.2) is 17.4 Å². The summed E-state index contributed by atoms with van der Waals surface area (Å²) in [5, 5.41) is 0. The van der Waals surface area contributed by atoms with Crippen molar-refractivity contribution < 1.29 is 23.0 Å². The summed E-state index contributed by atoms with van der Waals surface area (Å²) < 4.78 is 39.1. The quantitative estimate of drug-likeness (QED) is 0.471. The highest BCUT2D eigenvalue weighted by molar-refractivity contribution is 5.76. The average Bonchev–Trinajstić information content (AvgIpc) is 3.51. The lowest BCUT2D eigenvalue weighted by molar-refractivity contribution is -0.143. The molecule has 1 aliphatic carbocycles. The Balaban J connectivity index is 1.73. The van der Waals surface area contributed by atoms with Crippen LogP contribution >= 0.6 is 0 Å². The minimum Gasteiger partial charge on any atom is -0.488 e. The molecule has 0 unspecified atom stereocenters. The van der Waals surface area contributed by atoms with Crippen LogP contribution in [0.4, 0.5) is 14.6 Å². The van der Waals surface area contributed by atoms with Crippen LogP contribution in [0.15, 0.2) is 30.5 Å². The van der Waals surface area contributed by atoms with Crippen LogP contribution in [0.25, 0.3) is 11.1 Å². The molecule has 1 heterocycles. The Morgan fingerprint density at radius 3 is 2.64 bits per heavy atom. The Bertz CT molecular complexity index is 817. The Labute approximate surface area is 163 Å². The first-order valence-electron chi connectivity index (χ1n) is 9.47. The minimum absolute atomic E-state index is 0.0224. The molecule has 1 aliphatic rings. The van der Waals surface area contributed by atoms with E-state index in [4.69, 9.17) is 9.47 Å². The molecule has 0 spiro atoms. The molecule has 150 valence electrons. The van der Waals surface area contributed by atoms with Gasteiger partial charge in [0.25, 0.3) is 0 Å². The van der Waals surface area contributed by atoms with E-state index in [0.29, 0.717) is 36.0 Å². The third-order valence-electron chi connectivity index (χ3n) is 4.60. The molecule has 28 heavy (non-hydrogen) atoms. The number of halogens is 2. The molecule has 0 aliphatic heterocycles. The first-order valence-corrected chi connectivity index (χ1v) is 9.47. The van der Waals surface area contributed by atoms with Crippen LogP contribution in [0, 0.1) is 11.6 Å². The summed E-state index contributed by atoms with van der Waals surface area (Å²) in [6, 6.07) is 6.48. The van der Waals surface area contributed by atoms with Gasteiger partial charge in [-0.25, -0.2) is 13.8 Å². The van der Waals surface area contributed by atoms with Gasteiger partial charge in [-0.1, -0.05) is 0 Å². The molecule has 3 rings (SSSR count). The maximum absolute atomic E-state index is 14.5. The number of esters is 1. The number of hydrogen-bond donors (Lipinski definition) is 0. The topological polar surface area (TPSA) is 51.7 Å². The zero-order valence-corrected chi connectivity index (χ0v) is 16.1. The number of hydrogen-bond acceptors (Lipinski definition) is 5. The highest BCUT2D eigenvalue weighted by Gasteiger charge is 2.29. The van der Waals surface area contributed by atoms with Crippen molar-refractivity contribution in [1.82, 2.24) is 4.98 Å². The molecule has 7 heteroatoms. The Kier molecular flexibility index (Phi) is 6.44. The van der Waals surface area contributed by atoms with Gasteiger partial charge in [0, 0.05) is 31.3 Å². The third kappa shape index (κ3) is 4.77. The van der Waals surface area contributed by atoms with E-state index in [1.807, 2.05) is 11.9 Å². The van der Waals surface area contributed by atoms with E-state index in [2.05, 4.69) is 4.98 Å². The van der Waals surface area contributed by atoms with Gasteiger partial charge in [0.1, 0.15) is 5.82 Å². The maximum Gasteiger partial charge on any atom is 0.305 e. The van der Waals surface area contributed by atoms with Gasteiger partial charge in [0.05, 0.1) is 13.2 Å². The summed E-state index contributed by atoms with van der Waals surface area (Å²) in [7, 11) is 1.94. The Morgan fingerprint density at radius 1 is 1.29 bits per heavy atom. The third-order valence-corrected chi connectivity index (χ3v) is 4.60. The second kappa shape index (κ2) is 8.99.